The van der Waals surface area contributed by atoms with E-state index >= 15 is 0 Å². The molecule has 0 aromatic rings. The summed E-state index contributed by atoms with van der Waals surface area (Å²) in [4.78, 5) is 13.0. The van der Waals surface area contributed by atoms with Crippen molar-refractivity contribution in [2.24, 2.45) is 41.4 Å². The lowest BCUT2D eigenvalue weighted by atomic mass is 9.71. The van der Waals surface area contributed by atoms with Gasteiger partial charge in [0, 0.05) is 5.57 Å². The van der Waals surface area contributed by atoms with Crippen molar-refractivity contribution in [3.05, 3.63) is 11.6 Å². The molecule has 0 amide bonds. The molecule has 0 radical (unpaired) electrons. The smallest absolute Gasteiger partial charge is 0.334 e. The third kappa shape index (κ3) is 2.17. The Morgan fingerprint density at radius 1 is 1.00 bits per heavy atom. The van der Waals surface area contributed by atoms with Crippen LogP contribution < -0.4 is 0 Å². The summed E-state index contributed by atoms with van der Waals surface area (Å²) in [5.74, 6) is 5.42. The number of carbonyl (C=O) groups excluding carboxylic acids is 1. The van der Waals surface area contributed by atoms with Crippen molar-refractivity contribution in [2.45, 2.75) is 77.2 Å². The molecule has 6 atom stereocenters. The highest BCUT2D eigenvalue weighted by Gasteiger charge is 2.61. The van der Waals surface area contributed by atoms with Crippen molar-refractivity contribution in [2.75, 3.05) is 0 Å². The van der Waals surface area contributed by atoms with Gasteiger partial charge in [0.25, 0.3) is 0 Å². The number of ether oxygens (including phenoxy) is 1. The van der Waals surface area contributed by atoms with Crippen LogP contribution in [0.25, 0.3) is 0 Å². The first kappa shape index (κ1) is 15.5. The van der Waals surface area contributed by atoms with Crippen molar-refractivity contribution >= 4 is 5.97 Å². The van der Waals surface area contributed by atoms with Crippen LogP contribution in [0.2, 0.25) is 0 Å². The summed E-state index contributed by atoms with van der Waals surface area (Å²) in [6.07, 6.45) is 14.3. The predicted octanol–water partition coefficient (Wildman–Crippen LogP) is 5.13. The summed E-state index contributed by atoms with van der Waals surface area (Å²) in [5.41, 5.74) is 0.770. The molecule has 2 heteroatoms. The van der Waals surface area contributed by atoms with Gasteiger partial charge in [0.05, 0.1) is 0 Å². The van der Waals surface area contributed by atoms with Crippen LogP contribution in [0.4, 0.5) is 0 Å². The zero-order valence-corrected chi connectivity index (χ0v) is 15.3. The van der Waals surface area contributed by atoms with E-state index in [1.54, 1.807) is 0 Å². The maximum atomic E-state index is 13.0. The second kappa shape index (κ2) is 5.35. The van der Waals surface area contributed by atoms with Gasteiger partial charge in [-0.3, -0.25) is 0 Å². The molecule has 4 saturated carbocycles. The normalized spacial score (nSPS) is 43.8. The highest BCUT2D eigenvalue weighted by atomic mass is 16.6. The summed E-state index contributed by atoms with van der Waals surface area (Å²) in [5, 5.41) is 0. The first-order chi connectivity index (χ1) is 11.5. The van der Waals surface area contributed by atoms with Gasteiger partial charge < -0.3 is 4.74 Å². The van der Waals surface area contributed by atoms with Gasteiger partial charge in [-0.25, -0.2) is 4.79 Å². The summed E-state index contributed by atoms with van der Waals surface area (Å²) in [7, 11) is 0. The molecule has 0 aromatic carbocycles. The zero-order valence-electron chi connectivity index (χ0n) is 15.3. The van der Waals surface area contributed by atoms with Crippen LogP contribution in [0.1, 0.15) is 71.6 Å². The van der Waals surface area contributed by atoms with E-state index < -0.39 is 0 Å². The summed E-state index contributed by atoms with van der Waals surface area (Å²) in [6, 6.07) is 0. The van der Waals surface area contributed by atoms with Crippen molar-refractivity contribution < 1.29 is 9.53 Å². The molecule has 0 saturated heterocycles. The fourth-order valence-corrected chi connectivity index (χ4v) is 7.49. The lowest BCUT2D eigenvalue weighted by Gasteiger charge is -2.38. The lowest BCUT2D eigenvalue weighted by molar-refractivity contribution is -0.159. The molecule has 5 rings (SSSR count). The molecule has 5 aliphatic rings. The van der Waals surface area contributed by atoms with Gasteiger partial charge in [-0.1, -0.05) is 25.3 Å². The molecule has 4 bridgehead atoms. The van der Waals surface area contributed by atoms with Gasteiger partial charge in [0.1, 0.15) is 5.60 Å². The van der Waals surface area contributed by atoms with E-state index in [9.17, 15) is 4.79 Å². The maximum absolute atomic E-state index is 13.0. The van der Waals surface area contributed by atoms with Crippen LogP contribution in [0.15, 0.2) is 11.6 Å². The molecule has 132 valence electrons. The minimum absolute atomic E-state index is 0.0271. The van der Waals surface area contributed by atoms with Crippen molar-refractivity contribution in [3.8, 4) is 0 Å². The van der Waals surface area contributed by atoms with E-state index in [1.165, 1.54) is 57.8 Å². The fourth-order valence-electron chi connectivity index (χ4n) is 7.49. The van der Waals surface area contributed by atoms with Gasteiger partial charge >= 0.3 is 5.97 Å². The molecule has 0 heterocycles. The number of fused-ring (bicyclic) bond motifs is 9. The molecule has 0 aliphatic heterocycles. The number of rotatable bonds is 3. The average molecular weight is 328 g/mol. The van der Waals surface area contributed by atoms with Gasteiger partial charge in [0.2, 0.25) is 0 Å². The first-order valence-corrected chi connectivity index (χ1v) is 10.5. The number of esters is 1. The second-order valence-electron chi connectivity index (χ2n) is 9.94. The SMILES string of the molecule is CC(C)(OC(=O)C1=CC2CC1C1C3CCC(C3)C21)C1CCCCC1. The lowest BCUT2D eigenvalue weighted by Crippen LogP contribution is -2.39. The van der Waals surface area contributed by atoms with E-state index in [0.717, 1.165) is 29.2 Å². The Morgan fingerprint density at radius 2 is 1.71 bits per heavy atom. The van der Waals surface area contributed by atoms with Crippen LogP contribution in [0, 0.1) is 41.4 Å². The number of hydrogen-bond acceptors (Lipinski definition) is 2. The van der Waals surface area contributed by atoms with Crippen LogP contribution in [-0.4, -0.2) is 11.6 Å². The number of carbonyl (C=O) groups is 1. The Hall–Kier alpha value is -0.790. The van der Waals surface area contributed by atoms with Gasteiger partial charge in [-0.2, -0.15) is 0 Å². The summed E-state index contributed by atoms with van der Waals surface area (Å²) in [6.45, 7) is 4.30. The highest BCUT2D eigenvalue weighted by Crippen LogP contribution is 2.67. The molecule has 0 N–H and O–H groups in total. The fraction of sp³-hybridized carbons (Fsp3) is 0.864. The quantitative estimate of drug-likeness (QED) is 0.530. The first-order valence-electron chi connectivity index (χ1n) is 10.5. The van der Waals surface area contributed by atoms with Gasteiger partial charge in [-0.15, -0.1) is 0 Å². The second-order valence-corrected chi connectivity index (χ2v) is 9.94. The monoisotopic (exact) mass is 328 g/mol. The van der Waals surface area contributed by atoms with E-state index in [1.807, 2.05) is 0 Å². The summed E-state index contributed by atoms with van der Waals surface area (Å²) < 4.78 is 6.14. The minimum atomic E-state index is -0.297. The van der Waals surface area contributed by atoms with Crippen molar-refractivity contribution in [1.82, 2.24) is 0 Å². The zero-order chi connectivity index (χ0) is 16.5. The predicted molar refractivity (Wildman–Crippen MR) is 94.2 cm³/mol. The molecule has 2 nitrogen and oxygen atoms in total. The van der Waals surface area contributed by atoms with Crippen LogP contribution in [0.3, 0.4) is 0 Å². The molecular formula is C22H32O2. The molecule has 4 fully saturated rings. The van der Waals surface area contributed by atoms with Crippen molar-refractivity contribution in [3.63, 3.8) is 0 Å². The van der Waals surface area contributed by atoms with Gasteiger partial charge in [0.15, 0.2) is 0 Å². The Bertz CT molecular complexity index is 569. The molecule has 5 aliphatic carbocycles. The summed E-state index contributed by atoms with van der Waals surface area (Å²) >= 11 is 0. The van der Waals surface area contributed by atoms with Crippen LogP contribution in [0.5, 0.6) is 0 Å². The van der Waals surface area contributed by atoms with Crippen LogP contribution in [-0.2, 0) is 9.53 Å². The van der Waals surface area contributed by atoms with Crippen molar-refractivity contribution in [1.29, 1.82) is 0 Å². The Balaban J connectivity index is 1.31. The average Bonchev–Trinajstić information content (AvgIpc) is 3.33. The molecular weight excluding hydrogens is 296 g/mol. The Morgan fingerprint density at radius 3 is 2.46 bits per heavy atom. The van der Waals surface area contributed by atoms with E-state index in [2.05, 4.69) is 19.9 Å². The molecule has 0 spiro atoms. The molecule has 0 aromatic heterocycles. The number of allylic oxidation sites excluding steroid dienone is 1. The Kier molecular flexibility index (Phi) is 3.45. The molecule has 24 heavy (non-hydrogen) atoms. The third-order valence-corrected chi connectivity index (χ3v) is 8.50. The molecule has 6 unspecified atom stereocenters. The highest BCUT2D eigenvalue weighted by molar-refractivity contribution is 5.90. The standard InChI is InChI=1S/C22H32O2/c1-22(2,16-6-4-3-5-7-16)24-21(23)18-12-15-11-17(18)20-14-9-8-13(10-14)19(15)20/h12-17,19-20H,3-11H2,1-2H3. The number of hydrogen-bond donors (Lipinski definition) is 0. The third-order valence-electron chi connectivity index (χ3n) is 8.50. The van der Waals surface area contributed by atoms with Crippen LogP contribution >= 0.6 is 0 Å². The van der Waals surface area contributed by atoms with E-state index in [-0.39, 0.29) is 11.6 Å². The Labute approximate surface area is 146 Å². The minimum Gasteiger partial charge on any atom is -0.456 e. The largest absolute Gasteiger partial charge is 0.456 e. The van der Waals surface area contributed by atoms with Gasteiger partial charge in [-0.05, 0) is 93.8 Å². The maximum Gasteiger partial charge on any atom is 0.334 e. The topological polar surface area (TPSA) is 26.3 Å². The van der Waals surface area contributed by atoms with E-state index in [0.29, 0.717) is 17.8 Å². The van der Waals surface area contributed by atoms with E-state index in [4.69, 9.17) is 4.74 Å².